The number of rotatable bonds is 3. The summed E-state index contributed by atoms with van der Waals surface area (Å²) in [5.74, 6) is -0.0590. The molecule has 2 N–H and O–H groups in total. The fourth-order valence-corrected chi connectivity index (χ4v) is 2.57. The molecule has 1 fully saturated rings. The minimum Gasteiger partial charge on any atom is -0.444 e. The molecule has 1 unspecified atom stereocenters. The van der Waals surface area contributed by atoms with E-state index in [9.17, 15) is 9.59 Å². The molecule has 0 saturated carbocycles. The highest BCUT2D eigenvalue weighted by atomic mass is 16.6. The van der Waals surface area contributed by atoms with Gasteiger partial charge in [0.1, 0.15) is 5.60 Å². The Morgan fingerprint density at radius 3 is 2.08 bits per heavy atom. The first-order valence-corrected chi connectivity index (χ1v) is 8.30. The summed E-state index contributed by atoms with van der Waals surface area (Å²) in [6.07, 6.45) is -0.264. The Bertz CT molecular complexity index is 583. The van der Waals surface area contributed by atoms with Gasteiger partial charge in [-0.2, -0.15) is 0 Å². The lowest BCUT2D eigenvalue weighted by molar-refractivity contribution is 0.0240. The average Bonchev–Trinajstić information content (AvgIpc) is 2.53. The molecule has 1 saturated heterocycles. The van der Waals surface area contributed by atoms with Crippen LogP contribution in [0.15, 0.2) is 24.3 Å². The maximum atomic E-state index is 12.1. The summed E-state index contributed by atoms with van der Waals surface area (Å²) in [7, 11) is 0. The monoisotopic (exact) mass is 333 g/mol. The molecule has 132 valence electrons. The van der Waals surface area contributed by atoms with Crippen LogP contribution in [0.3, 0.4) is 0 Å². The van der Waals surface area contributed by atoms with Crippen LogP contribution in [0.1, 0.15) is 38.1 Å². The van der Waals surface area contributed by atoms with Crippen molar-refractivity contribution in [1.29, 1.82) is 0 Å². The number of ether oxygens (including phenoxy) is 1. The molecule has 0 bridgehead atoms. The number of hydrogen-bond acceptors (Lipinski definition) is 5. The van der Waals surface area contributed by atoms with Gasteiger partial charge in [-0.15, -0.1) is 0 Å². The van der Waals surface area contributed by atoms with E-state index in [-0.39, 0.29) is 11.9 Å². The molecule has 1 aliphatic heterocycles. The molecule has 1 aromatic carbocycles. The number of carbonyl (C=O) groups is 2. The maximum absolute atomic E-state index is 12.1. The fraction of sp³-hybridized carbons (Fsp3) is 0.556. The SMILES string of the molecule is CC(N)C(=O)c1ccc(N2CCN(C(=O)OC(C)(C)C)CC2)cc1. The standard InChI is InChI=1S/C18H27N3O3/c1-13(19)16(22)14-5-7-15(8-6-14)20-9-11-21(12-10-20)17(23)24-18(2,3)4/h5-8,13H,9-12,19H2,1-4H3. The minimum atomic E-state index is -0.492. The smallest absolute Gasteiger partial charge is 0.410 e. The van der Waals surface area contributed by atoms with Gasteiger partial charge in [0, 0.05) is 37.4 Å². The Kier molecular flexibility index (Phi) is 5.49. The largest absolute Gasteiger partial charge is 0.444 e. The normalized spacial score (nSPS) is 16.7. The van der Waals surface area contributed by atoms with E-state index in [4.69, 9.17) is 10.5 Å². The van der Waals surface area contributed by atoms with Crippen molar-refractivity contribution < 1.29 is 14.3 Å². The molecule has 0 aromatic heterocycles. The molecular formula is C18H27N3O3. The fourth-order valence-electron chi connectivity index (χ4n) is 2.57. The van der Waals surface area contributed by atoms with Gasteiger partial charge in [0.05, 0.1) is 6.04 Å². The first kappa shape index (κ1) is 18.3. The molecule has 1 aliphatic rings. The van der Waals surface area contributed by atoms with E-state index < -0.39 is 11.6 Å². The second kappa shape index (κ2) is 7.21. The maximum Gasteiger partial charge on any atom is 0.410 e. The van der Waals surface area contributed by atoms with Gasteiger partial charge in [0.15, 0.2) is 5.78 Å². The van der Waals surface area contributed by atoms with E-state index in [2.05, 4.69) is 4.90 Å². The Morgan fingerprint density at radius 1 is 1.08 bits per heavy atom. The molecule has 0 radical (unpaired) electrons. The molecule has 0 spiro atoms. The molecule has 1 atom stereocenters. The highest BCUT2D eigenvalue weighted by Crippen LogP contribution is 2.19. The molecule has 24 heavy (non-hydrogen) atoms. The second-order valence-corrected chi connectivity index (χ2v) is 7.15. The summed E-state index contributed by atoms with van der Waals surface area (Å²) in [4.78, 5) is 27.9. The van der Waals surface area contributed by atoms with Crippen LogP contribution in [0.4, 0.5) is 10.5 Å². The number of amides is 1. The van der Waals surface area contributed by atoms with Gasteiger partial charge in [-0.3, -0.25) is 4.79 Å². The van der Waals surface area contributed by atoms with Crippen LogP contribution in [-0.4, -0.2) is 54.6 Å². The average molecular weight is 333 g/mol. The van der Waals surface area contributed by atoms with Gasteiger partial charge < -0.3 is 20.3 Å². The lowest BCUT2D eigenvalue weighted by Gasteiger charge is -2.36. The third kappa shape index (κ3) is 4.71. The Balaban J connectivity index is 1.93. The van der Waals surface area contributed by atoms with Crippen molar-refractivity contribution in [2.24, 2.45) is 5.73 Å². The van der Waals surface area contributed by atoms with Crippen molar-refractivity contribution in [3.8, 4) is 0 Å². The zero-order valence-electron chi connectivity index (χ0n) is 14.9. The number of nitrogens with zero attached hydrogens (tertiary/aromatic N) is 2. The lowest BCUT2D eigenvalue weighted by Crippen LogP contribution is -2.50. The van der Waals surface area contributed by atoms with E-state index in [1.807, 2.05) is 32.9 Å². The van der Waals surface area contributed by atoms with Crippen LogP contribution >= 0.6 is 0 Å². The topological polar surface area (TPSA) is 75.9 Å². The number of ketones is 1. The molecule has 1 amide bonds. The van der Waals surface area contributed by atoms with Crippen molar-refractivity contribution in [2.75, 3.05) is 31.1 Å². The van der Waals surface area contributed by atoms with Crippen molar-refractivity contribution in [3.05, 3.63) is 29.8 Å². The first-order chi connectivity index (χ1) is 11.2. The summed E-state index contributed by atoms with van der Waals surface area (Å²) >= 11 is 0. The summed E-state index contributed by atoms with van der Waals surface area (Å²) < 4.78 is 5.40. The number of piperazine rings is 1. The van der Waals surface area contributed by atoms with Gasteiger partial charge in [-0.1, -0.05) is 0 Å². The molecule has 0 aliphatic carbocycles. The van der Waals surface area contributed by atoms with E-state index in [1.54, 1.807) is 24.0 Å². The van der Waals surface area contributed by atoms with Crippen LogP contribution in [0.2, 0.25) is 0 Å². The lowest BCUT2D eigenvalue weighted by atomic mass is 10.1. The molecule has 1 heterocycles. The van der Waals surface area contributed by atoms with Crippen LogP contribution < -0.4 is 10.6 Å². The van der Waals surface area contributed by atoms with E-state index >= 15 is 0 Å². The number of nitrogens with two attached hydrogens (primary N) is 1. The number of carbonyl (C=O) groups excluding carboxylic acids is 2. The van der Waals surface area contributed by atoms with Gasteiger partial charge in [0.2, 0.25) is 0 Å². The van der Waals surface area contributed by atoms with Gasteiger partial charge in [-0.05, 0) is 52.0 Å². The minimum absolute atomic E-state index is 0.0590. The summed E-state index contributed by atoms with van der Waals surface area (Å²) in [6, 6.07) is 6.98. The summed E-state index contributed by atoms with van der Waals surface area (Å²) in [6.45, 7) is 10.0. The van der Waals surface area contributed by atoms with Gasteiger partial charge >= 0.3 is 6.09 Å². The molecular weight excluding hydrogens is 306 g/mol. The van der Waals surface area contributed by atoms with Crippen molar-refractivity contribution >= 4 is 17.6 Å². The highest BCUT2D eigenvalue weighted by Gasteiger charge is 2.26. The second-order valence-electron chi connectivity index (χ2n) is 7.15. The van der Waals surface area contributed by atoms with E-state index in [0.717, 1.165) is 18.8 Å². The van der Waals surface area contributed by atoms with Crippen LogP contribution in [0, 0.1) is 0 Å². The summed E-state index contributed by atoms with van der Waals surface area (Å²) in [5.41, 5.74) is 6.82. The summed E-state index contributed by atoms with van der Waals surface area (Å²) in [5, 5.41) is 0. The third-order valence-corrected chi connectivity index (χ3v) is 3.86. The predicted molar refractivity (Wildman–Crippen MR) is 94.4 cm³/mol. The van der Waals surface area contributed by atoms with E-state index in [0.29, 0.717) is 18.7 Å². The van der Waals surface area contributed by atoms with E-state index in [1.165, 1.54) is 0 Å². The highest BCUT2D eigenvalue weighted by molar-refractivity contribution is 5.99. The zero-order valence-corrected chi connectivity index (χ0v) is 14.9. The van der Waals surface area contributed by atoms with Crippen LogP contribution in [-0.2, 0) is 4.74 Å². The quantitative estimate of drug-likeness (QED) is 0.859. The predicted octanol–water partition coefficient (Wildman–Crippen LogP) is 2.27. The number of Topliss-reactive ketones (excluding diaryl/α,β-unsaturated/α-hetero) is 1. The molecule has 6 nitrogen and oxygen atoms in total. The van der Waals surface area contributed by atoms with Crippen molar-refractivity contribution in [2.45, 2.75) is 39.3 Å². The number of benzene rings is 1. The van der Waals surface area contributed by atoms with Gasteiger partial charge in [0.25, 0.3) is 0 Å². The Morgan fingerprint density at radius 2 is 1.62 bits per heavy atom. The third-order valence-electron chi connectivity index (χ3n) is 3.86. The molecule has 1 aromatic rings. The van der Waals surface area contributed by atoms with Crippen LogP contribution in [0.25, 0.3) is 0 Å². The Labute approximate surface area is 143 Å². The van der Waals surface area contributed by atoms with Crippen molar-refractivity contribution in [3.63, 3.8) is 0 Å². The molecule has 6 heteroatoms. The Hall–Kier alpha value is -2.08. The first-order valence-electron chi connectivity index (χ1n) is 8.30. The zero-order chi connectivity index (χ0) is 17.9. The molecule has 2 rings (SSSR count). The number of anilines is 1. The van der Waals surface area contributed by atoms with Crippen LogP contribution in [0.5, 0.6) is 0 Å². The van der Waals surface area contributed by atoms with Crippen molar-refractivity contribution in [1.82, 2.24) is 4.90 Å². The van der Waals surface area contributed by atoms with Gasteiger partial charge in [-0.25, -0.2) is 4.79 Å². The number of hydrogen-bond donors (Lipinski definition) is 1.